The maximum Gasteiger partial charge on any atom is 0.336 e. The lowest BCUT2D eigenvalue weighted by Gasteiger charge is -2.07. The van der Waals surface area contributed by atoms with Gasteiger partial charge in [0, 0.05) is 24.1 Å². The summed E-state index contributed by atoms with van der Waals surface area (Å²) in [7, 11) is -3.39. The molecule has 0 aliphatic heterocycles. The Morgan fingerprint density at radius 1 is 1.25 bits per heavy atom. The minimum atomic E-state index is -3.39. The van der Waals surface area contributed by atoms with Gasteiger partial charge in [-0.25, -0.2) is 13.2 Å². The predicted molar refractivity (Wildman–Crippen MR) is 72.6 cm³/mol. The first kappa shape index (κ1) is 14.0. The molecule has 20 heavy (non-hydrogen) atoms. The first-order valence-corrected chi connectivity index (χ1v) is 7.45. The van der Waals surface area contributed by atoms with Crippen LogP contribution in [0.25, 0.3) is 11.1 Å². The Labute approximate surface area is 114 Å². The molecule has 2 rings (SSSR count). The highest BCUT2D eigenvalue weighted by Crippen LogP contribution is 2.24. The Morgan fingerprint density at radius 2 is 1.95 bits per heavy atom. The average molecular weight is 293 g/mol. The molecule has 0 aliphatic rings. The van der Waals surface area contributed by atoms with Crippen molar-refractivity contribution in [1.29, 1.82) is 0 Å². The fourth-order valence-electron chi connectivity index (χ4n) is 1.78. The third-order valence-corrected chi connectivity index (χ3v) is 3.84. The Balaban J connectivity index is 2.69. The molecular formula is C13H11NO5S. The van der Waals surface area contributed by atoms with Gasteiger partial charge in [0.05, 0.1) is 10.5 Å². The summed E-state index contributed by atoms with van der Waals surface area (Å²) in [6.07, 6.45) is 2.32. The number of carbonyl (C=O) groups is 1. The van der Waals surface area contributed by atoms with Crippen molar-refractivity contribution in [3.63, 3.8) is 0 Å². The summed E-state index contributed by atoms with van der Waals surface area (Å²) in [6.45, 7) is 0. The maximum atomic E-state index is 11.5. The first-order chi connectivity index (χ1) is 9.29. The number of aromatic carboxylic acids is 1. The average Bonchev–Trinajstić information content (AvgIpc) is 2.37. The van der Waals surface area contributed by atoms with Crippen molar-refractivity contribution < 1.29 is 18.3 Å². The molecule has 0 bridgehead atoms. The summed E-state index contributed by atoms with van der Waals surface area (Å²) >= 11 is 0. The van der Waals surface area contributed by atoms with E-state index in [1.807, 2.05) is 0 Å². The van der Waals surface area contributed by atoms with Gasteiger partial charge in [0.25, 0.3) is 0 Å². The third-order valence-electron chi connectivity index (χ3n) is 2.73. The quantitative estimate of drug-likeness (QED) is 0.883. The van der Waals surface area contributed by atoms with Crippen molar-refractivity contribution in [2.45, 2.75) is 4.90 Å². The van der Waals surface area contributed by atoms with E-state index in [0.29, 0.717) is 5.56 Å². The second-order valence-electron chi connectivity index (χ2n) is 4.23. The monoisotopic (exact) mass is 293 g/mol. The molecule has 1 aromatic carbocycles. The zero-order valence-corrected chi connectivity index (χ0v) is 11.3. The van der Waals surface area contributed by atoms with E-state index in [0.717, 1.165) is 12.3 Å². The van der Waals surface area contributed by atoms with Crippen LogP contribution in [0.5, 0.6) is 0 Å². The maximum absolute atomic E-state index is 11.5. The molecule has 2 N–H and O–H groups in total. The van der Waals surface area contributed by atoms with Gasteiger partial charge < -0.3 is 10.1 Å². The van der Waals surface area contributed by atoms with Gasteiger partial charge >= 0.3 is 5.97 Å². The van der Waals surface area contributed by atoms with Crippen molar-refractivity contribution in [3.8, 4) is 11.1 Å². The van der Waals surface area contributed by atoms with E-state index >= 15 is 0 Å². The number of pyridine rings is 1. The van der Waals surface area contributed by atoms with Crippen molar-refractivity contribution in [2.75, 3.05) is 6.26 Å². The van der Waals surface area contributed by atoms with Gasteiger partial charge in [0.1, 0.15) is 0 Å². The van der Waals surface area contributed by atoms with Crippen molar-refractivity contribution in [2.24, 2.45) is 0 Å². The molecule has 0 spiro atoms. The molecule has 0 amide bonds. The van der Waals surface area contributed by atoms with Crippen LogP contribution in [0.1, 0.15) is 10.4 Å². The molecule has 0 fully saturated rings. The fraction of sp³-hybridized carbons (Fsp3) is 0.0769. The van der Waals surface area contributed by atoms with Gasteiger partial charge in [0.15, 0.2) is 9.84 Å². The Bertz CT molecular complexity index is 836. The zero-order valence-electron chi connectivity index (χ0n) is 10.5. The van der Waals surface area contributed by atoms with Crippen LogP contribution in [-0.4, -0.2) is 30.7 Å². The third kappa shape index (κ3) is 2.77. The number of carboxylic acids is 1. The lowest BCUT2D eigenvalue weighted by atomic mass is 10.0. The van der Waals surface area contributed by atoms with Gasteiger partial charge in [-0.15, -0.1) is 0 Å². The number of sulfone groups is 1. The van der Waals surface area contributed by atoms with E-state index in [1.165, 1.54) is 24.4 Å². The molecule has 0 unspecified atom stereocenters. The minimum absolute atomic E-state index is 0.0811. The second-order valence-corrected chi connectivity index (χ2v) is 6.25. The largest absolute Gasteiger partial charge is 0.478 e. The lowest BCUT2D eigenvalue weighted by Crippen LogP contribution is -2.10. The molecular weight excluding hydrogens is 282 g/mol. The molecule has 1 heterocycles. The van der Waals surface area contributed by atoms with E-state index in [4.69, 9.17) is 5.11 Å². The van der Waals surface area contributed by atoms with Crippen LogP contribution in [0.2, 0.25) is 0 Å². The van der Waals surface area contributed by atoms with Crippen molar-refractivity contribution in [1.82, 2.24) is 4.98 Å². The molecule has 0 saturated carbocycles. The van der Waals surface area contributed by atoms with Gasteiger partial charge in [-0.3, -0.25) is 4.79 Å². The SMILES string of the molecule is CS(=O)(=O)c1cccc(-c2c[nH]c(=O)cc2C(=O)O)c1. The van der Waals surface area contributed by atoms with Gasteiger partial charge in [-0.2, -0.15) is 0 Å². The van der Waals surface area contributed by atoms with Gasteiger partial charge in [-0.05, 0) is 17.7 Å². The molecule has 0 aliphatic carbocycles. The van der Waals surface area contributed by atoms with Crippen LogP contribution < -0.4 is 5.56 Å². The van der Waals surface area contributed by atoms with Crippen LogP contribution in [-0.2, 0) is 9.84 Å². The van der Waals surface area contributed by atoms with Crippen LogP contribution in [0.3, 0.4) is 0 Å². The number of carboxylic acid groups (broad SMARTS) is 1. The standard InChI is InChI=1S/C13H11NO5S/c1-20(18,19)9-4-2-3-8(5-9)11-7-14-12(15)6-10(11)13(16)17/h2-7H,1H3,(H,14,15)(H,16,17). The van der Waals surface area contributed by atoms with E-state index in [2.05, 4.69) is 4.98 Å². The number of nitrogens with one attached hydrogen (secondary N) is 1. The highest BCUT2D eigenvalue weighted by atomic mass is 32.2. The number of aromatic nitrogens is 1. The molecule has 104 valence electrons. The molecule has 0 saturated heterocycles. The zero-order chi connectivity index (χ0) is 14.9. The Kier molecular flexibility index (Phi) is 3.46. The summed E-state index contributed by atoms with van der Waals surface area (Å²) < 4.78 is 23.0. The van der Waals surface area contributed by atoms with Crippen molar-refractivity contribution >= 4 is 15.8 Å². The molecule has 2 aromatic rings. The smallest absolute Gasteiger partial charge is 0.336 e. The van der Waals surface area contributed by atoms with Gasteiger partial charge in [0.2, 0.25) is 5.56 Å². The normalized spacial score (nSPS) is 11.2. The Morgan fingerprint density at radius 3 is 2.55 bits per heavy atom. The highest BCUT2D eigenvalue weighted by Gasteiger charge is 2.14. The van der Waals surface area contributed by atoms with Crippen molar-refractivity contribution in [3.05, 3.63) is 52.4 Å². The number of benzene rings is 1. The van der Waals surface area contributed by atoms with Crippen LogP contribution in [0.15, 0.2) is 46.2 Å². The second kappa shape index (κ2) is 4.93. The highest BCUT2D eigenvalue weighted by molar-refractivity contribution is 7.90. The lowest BCUT2D eigenvalue weighted by molar-refractivity contribution is 0.0697. The van der Waals surface area contributed by atoms with Crippen LogP contribution in [0.4, 0.5) is 0 Å². The number of rotatable bonds is 3. The van der Waals surface area contributed by atoms with E-state index in [9.17, 15) is 18.0 Å². The first-order valence-electron chi connectivity index (χ1n) is 5.55. The van der Waals surface area contributed by atoms with Crippen LogP contribution >= 0.6 is 0 Å². The van der Waals surface area contributed by atoms with Gasteiger partial charge in [-0.1, -0.05) is 12.1 Å². The molecule has 6 nitrogen and oxygen atoms in total. The van der Waals surface area contributed by atoms with E-state index in [1.54, 1.807) is 6.07 Å². The molecule has 7 heteroatoms. The summed E-state index contributed by atoms with van der Waals surface area (Å²) in [4.78, 5) is 24.8. The van der Waals surface area contributed by atoms with Crippen LogP contribution in [0, 0.1) is 0 Å². The molecule has 0 atom stereocenters. The van der Waals surface area contributed by atoms with E-state index in [-0.39, 0.29) is 16.0 Å². The molecule has 0 radical (unpaired) electrons. The topological polar surface area (TPSA) is 104 Å². The number of hydrogen-bond donors (Lipinski definition) is 2. The minimum Gasteiger partial charge on any atom is -0.478 e. The summed E-state index contributed by atoms with van der Waals surface area (Å²) in [6, 6.07) is 6.85. The fourth-order valence-corrected chi connectivity index (χ4v) is 2.45. The predicted octanol–water partition coefficient (Wildman–Crippen LogP) is 1.14. The number of aromatic amines is 1. The summed E-state index contributed by atoms with van der Waals surface area (Å²) in [5.41, 5.74) is -0.0611. The summed E-state index contributed by atoms with van der Waals surface area (Å²) in [5, 5.41) is 9.11. The van der Waals surface area contributed by atoms with E-state index < -0.39 is 21.4 Å². The summed E-state index contributed by atoms with van der Waals surface area (Å²) in [5.74, 6) is -1.25. The molecule has 1 aromatic heterocycles. The Hall–Kier alpha value is -2.41. The number of H-pyrrole nitrogens is 1. The number of hydrogen-bond acceptors (Lipinski definition) is 4.